The predicted octanol–water partition coefficient (Wildman–Crippen LogP) is 4.70. The van der Waals surface area contributed by atoms with Crippen molar-refractivity contribution in [1.29, 1.82) is 0 Å². The van der Waals surface area contributed by atoms with Crippen molar-refractivity contribution in [3.05, 3.63) is 89.5 Å². The Balaban J connectivity index is 2.01. The first-order valence-electron chi connectivity index (χ1n) is 7.22. The van der Waals surface area contributed by atoms with Crippen molar-refractivity contribution in [3.63, 3.8) is 0 Å². The van der Waals surface area contributed by atoms with E-state index >= 15 is 0 Å². The fourth-order valence-electron chi connectivity index (χ4n) is 2.92. The highest BCUT2D eigenvalue weighted by Crippen LogP contribution is 2.27. The molecule has 4 rings (SSSR count). The number of nitrogens with zero attached hydrogens (tertiary/aromatic N) is 1. The molecule has 0 saturated carbocycles. The lowest BCUT2D eigenvalue weighted by molar-refractivity contribution is 1.25. The van der Waals surface area contributed by atoms with Crippen molar-refractivity contribution >= 4 is 22.6 Å². The zero-order valence-electron chi connectivity index (χ0n) is 11.7. The van der Waals surface area contributed by atoms with E-state index in [0.29, 0.717) is 0 Å². The van der Waals surface area contributed by atoms with Gasteiger partial charge in [0.15, 0.2) is 0 Å². The fourth-order valence-corrected chi connectivity index (χ4v) is 2.92. The minimum absolute atomic E-state index is 0.729. The van der Waals surface area contributed by atoms with Crippen LogP contribution in [0.3, 0.4) is 0 Å². The van der Waals surface area contributed by atoms with Gasteiger partial charge in [-0.3, -0.25) is 4.99 Å². The maximum absolute atomic E-state index is 4.77. The molecule has 3 aromatic rings. The largest absolute Gasteiger partial charge is 0.280 e. The first kappa shape index (κ1) is 12.1. The minimum Gasteiger partial charge on any atom is -0.280 e. The van der Waals surface area contributed by atoms with E-state index in [-0.39, 0.29) is 0 Å². The standard InChI is InChI=1S/C20H15N/c1-2-8-16(9-3-1)20-19-13-12-15-7-4-5-10-17(15)18(19)11-6-14-21-20/h1-13H,14H2. The van der Waals surface area contributed by atoms with Crippen LogP contribution < -0.4 is 0 Å². The molecule has 0 radical (unpaired) electrons. The number of rotatable bonds is 1. The third-order valence-corrected chi connectivity index (χ3v) is 3.91. The number of fused-ring (bicyclic) bond motifs is 3. The highest BCUT2D eigenvalue weighted by molar-refractivity contribution is 6.17. The summed E-state index contributed by atoms with van der Waals surface area (Å²) in [5.41, 5.74) is 4.75. The number of hydrogen-bond acceptors (Lipinski definition) is 1. The third kappa shape index (κ3) is 2.07. The normalized spacial score (nSPS) is 13.6. The molecule has 0 atom stereocenters. The Morgan fingerprint density at radius 3 is 2.48 bits per heavy atom. The Morgan fingerprint density at radius 1 is 0.762 bits per heavy atom. The average Bonchev–Trinajstić information content (AvgIpc) is 2.78. The van der Waals surface area contributed by atoms with Gasteiger partial charge in [0.25, 0.3) is 0 Å². The summed E-state index contributed by atoms with van der Waals surface area (Å²) in [6.45, 7) is 0.729. The average molecular weight is 269 g/mol. The van der Waals surface area contributed by atoms with Crippen molar-refractivity contribution in [1.82, 2.24) is 0 Å². The van der Waals surface area contributed by atoms with Gasteiger partial charge in [-0.1, -0.05) is 78.9 Å². The highest BCUT2D eigenvalue weighted by Gasteiger charge is 2.14. The molecule has 0 fully saturated rings. The zero-order valence-corrected chi connectivity index (χ0v) is 11.7. The van der Waals surface area contributed by atoms with Crippen molar-refractivity contribution in [2.24, 2.45) is 4.99 Å². The van der Waals surface area contributed by atoms with E-state index in [0.717, 1.165) is 12.3 Å². The number of aliphatic imine (C=N–C) groups is 1. The van der Waals surface area contributed by atoms with E-state index in [9.17, 15) is 0 Å². The topological polar surface area (TPSA) is 12.4 Å². The van der Waals surface area contributed by atoms with Crippen LogP contribution >= 0.6 is 0 Å². The molecular weight excluding hydrogens is 254 g/mol. The van der Waals surface area contributed by atoms with E-state index < -0.39 is 0 Å². The van der Waals surface area contributed by atoms with Crippen LogP contribution in [0.15, 0.2) is 77.8 Å². The first-order valence-corrected chi connectivity index (χ1v) is 7.22. The van der Waals surface area contributed by atoms with Gasteiger partial charge in [0, 0.05) is 11.1 Å². The van der Waals surface area contributed by atoms with Crippen molar-refractivity contribution in [2.75, 3.05) is 6.54 Å². The molecule has 0 aromatic heterocycles. The molecule has 0 saturated heterocycles. The Labute approximate surface area is 124 Å². The monoisotopic (exact) mass is 269 g/mol. The molecule has 1 aliphatic heterocycles. The van der Waals surface area contributed by atoms with Gasteiger partial charge in [0.1, 0.15) is 0 Å². The molecule has 1 heterocycles. The van der Waals surface area contributed by atoms with E-state index in [1.807, 2.05) is 6.07 Å². The lowest BCUT2D eigenvalue weighted by Gasteiger charge is -2.11. The van der Waals surface area contributed by atoms with Crippen LogP contribution in [0.1, 0.15) is 16.7 Å². The smallest absolute Gasteiger partial charge is 0.0729 e. The maximum atomic E-state index is 4.77. The molecule has 21 heavy (non-hydrogen) atoms. The molecule has 0 N–H and O–H groups in total. The van der Waals surface area contributed by atoms with E-state index in [4.69, 9.17) is 4.99 Å². The van der Waals surface area contributed by atoms with E-state index in [2.05, 4.69) is 72.8 Å². The molecule has 3 aromatic carbocycles. The fraction of sp³-hybridized carbons (Fsp3) is 0.0500. The van der Waals surface area contributed by atoms with Crippen LogP contribution in [0, 0.1) is 0 Å². The molecule has 1 heteroatoms. The molecule has 0 unspecified atom stereocenters. The van der Waals surface area contributed by atoms with Crippen molar-refractivity contribution in [3.8, 4) is 0 Å². The Morgan fingerprint density at radius 2 is 1.57 bits per heavy atom. The Hall–Kier alpha value is -2.67. The lowest BCUT2D eigenvalue weighted by atomic mass is 9.93. The highest BCUT2D eigenvalue weighted by atomic mass is 14.7. The second-order valence-corrected chi connectivity index (χ2v) is 5.21. The second kappa shape index (κ2) is 5.02. The zero-order chi connectivity index (χ0) is 14.1. The maximum Gasteiger partial charge on any atom is 0.0729 e. The van der Waals surface area contributed by atoms with Crippen LogP contribution in [-0.4, -0.2) is 12.3 Å². The van der Waals surface area contributed by atoms with Crippen LogP contribution in [0.5, 0.6) is 0 Å². The Bertz CT molecular complexity index is 857. The summed E-state index contributed by atoms with van der Waals surface area (Å²) < 4.78 is 0. The molecule has 0 bridgehead atoms. The van der Waals surface area contributed by atoms with Crippen LogP contribution in [-0.2, 0) is 0 Å². The summed E-state index contributed by atoms with van der Waals surface area (Å²) in [5, 5.41) is 2.56. The van der Waals surface area contributed by atoms with Gasteiger partial charge in [0.05, 0.1) is 12.3 Å². The van der Waals surface area contributed by atoms with Crippen LogP contribution in [0.25, 0.3) is 16.8 Å². The Kier molecular flexibility index (Phi) is 2.89. The van der Waals surface area contributed by atoms with Gasteiger partial charge >= 0.3 is 0 Å². The molecule has 0 amide bonds. The SMILES string of the molecule is C1=Cc2c(ccc3ccccc23)C(c2ccccc2)=NC1. The van der Waals surface area contributed by atoms with Gasteiger partial charge in [-0.2, -0.15) is 0 Å². The molecule has 0 aliphatic carbocycles. The van der Waals surface area contributed by atoms with Crippen molar-refractivity contribution < 1.29 is 0 Å². The molecule has 1 nitrogen and oxygen atoms in total. The summed E-state index contributed by atoms with van der Waals surface area (Å²) in [7, 11) is 0. The molecule has 0 spiro atoms. The quantitative estimate of drug-likeness (QED) is 0.607. The van der Waals surface area contributed by atoms with Gasteiger partial charge < -0.3 is 0 Å². The van der Waals surface area contributed by atoms with Gasteiger partial charge in [-0.05, 0) is 16.3 Å². The summed E-state index contributed by atoms with van der Waals surface area (Å²) in [4.78, 5) is 4.77. The summed E-state index contributed by atoms with van der Waals surface area (Å²) in [5.74, 6) is 0. The van der Waals surface area contributed by atoms with Gasteiger partial charge in [-0.15, -0.1) is 0 Å². The first-order chi connectivity index (χ1) is 10.4. The summed E-state index contributed by atoms with van der Waals surface area (Å²) in [6, 6.07) is 23.3. The molecular formula is C20H15N. The van der Waals surface area contributed by atoms with E-state index in [1.165, 1.54) is 27.5 Å². The predicted molar refractivity (Wildman–Crippen MR) is 89.9 cm³/mol. The minimum atomic E-state index is 0.729. The third-order valence-electron chi connectivity index (χ3n) is 3.91. The van der Waals surface area contributed by atoms with Crippen LogP contribution in [0.2, 0.25) is 0 Å². The number of hydrogen-bond donors (Lipinski definition) is 0. The number of benzene rings is 3. The van der Waals surface area contributed by atoms with E-state index in [1.54, 1.807) is 0 Å². The second-order valence-electron chi connectivity index (χ2n) is 5.21. The van der Waals surface area contributed by atoms with Crippen molar-refractivity contribution in [2.45, 2.75) is 0 Å². The molecule has 100 valence electrons. The van der Waals surface area contributed by atoms with Gasteiger partial charge in [-0.25, -0.2) is 0 Å². The lowest BCUT2D eigenvalue weighted by Crippen LogP contribution is -2.05. The van der Waals surface area contributed by atoms with Gasteiger partial charge in [0.2, 0.25) is 0 Å². The summed E-state index contributed by atoms with van der Waals surface area (Å²) in [6.07, 6.45) is 4.35. The molecule has 1 aliphatic rings. The van der Waals surface area contributed by atoms with Crippen LogP contribution in [0.4, 0.5) is 0 Å². The summed E-state index contributed by atoms with van der Waals surface area (Å²) >= 11 is 0.